The zero-order valence-corrected chi connectivity index (χ0v) is 11.1. The molecule has 72 valence electrons. The fourth-order valence-electron chi connectivity index (χ4n) is 1.19. The standard InChI is InChI=1S/C10H11Br2Cl/c11-6-2-5-8-3-1-4-9(7-13)10(8)12/h1,3-4H,2,5-7H2. The second-order valence-electron chi connectivity index (χ2n) is 2.82. The van der Waals surface area contributed by atoms with Crippen LogP contribution in [0.3, 0.4) is 0 Å². The first-order valence-electron chi connectivity index (χ1n) is 4.17. The van der Waals surface area contributed by atoms with Gasteiger partial charge in [0.1, 0.15) is 0 Å². The molecular formula is C10H11Br2Cl. The van der Waals surface area contributed by atoms with Crippen LogP contribution in [0.25, 0.3) is 0 Å². The molecule has 0 saturated heterocycles. The topological polar surface area (TPSA) is 0 Å². The van der Waals surface area contributed by atoms with Crippen LogP contribution in [0.1, 0.15) is 17.5 Å². The molecule has 0 saturated carbocycles. The van der Waals surface area contributed by atoms with Gasteiger partial charge < -0.3 is 0 Å². The van der Waals surface area contributed by atoms with Crippen LogP contribution in [0.2, 0.25) is 0 Å². The third kappa shape index (κ3) is 3.26. The van der Waals surface area contributed by atoms with Gasteiger partial charge in [-0.1, -0.05) is 50.1 Å². The van der Waals surface area contributed by atoms with Gasteiger partial charge >= 0.3 is 0 Å². The lowest BCUT2D eigenvalue weighted by Gasteiger charge is -2.06. The van der Waals surface area contributed by atoms with E-state index in [2.05, 4.69) is 50.1 Å². The summed E-state index contributed by atoms with van der Waals surface area (Å²) in [6, 6.07) is 6.25. The van der Waals surface area contributed by atoms with Crippen molar-refractivity contribution in [1.82, 2.24) is 0 Å². The molecule has 0 atom stereocenters. The summed E-state index contributed by atoms with van der Waals surface area (Å²) in [5, 5.41) is 1.05. The van der Waals surface area contributed by atoms with Crippen LogP contribution in [0.15, 0.2) is 22.7 Å². The van der Waals surface area contributed by atoms with E-state index in [4.69, 9.17) is 11.6 Å². The van der Waals surface area contributed by atoms with E-state index in [-0.39, 0.29) is 0 Å². The maximum atomic E-state index is 5.80. The Bertz CT molecular complexity index is 274. The van der Waals surface area contributed by atoms with Crippen molar-refractivity contribution in [3.05, 3.63) is 33.8 Å². The van der Waals surface area contributed by atoms with Crippen LogP contribution in [-0.2, 0) is 12.3 Å². The lowest BCUT2D eigenvalue weighted by Crippen LogP contribution is -1.91. The summed E-state index contributed by atoms with van der Waals surface area (Å²) in [5.74, 6) is 0.572. The van der Waals surface area contributed by atoms with Crippen molar-refractivity contribution in [1.29, 1.82) is 0 Å². The molecule has 13 heavy (non-hydrogen) atoms. The quantitative estimate of drug-likeness (QED) is 0.714. The van der Waals surface area contributed by atoms with Gasteiger partial charge in [-0.05, 0) is 24.0 Å². The Morgan fingerprint density at radius 1 is 1.23 bits per heavy atom. The van der Waals surface area contributed by atoms with E-state index in [0.29, 0.717) is 5.88 Å². The van der Waals surface area contributed by atoms with Crippen LogP contribution in [0.5, 0.6) is 0 Å². The highest BCUT2D eigenvalue weighted by Crippen LogP contribution is 2.24. The summed E-state index contributed by atoms with van der Waals surface area (Å²) in [6.45, 7) is 0. The predicted octanol–water partition coefficient (Wildman–Crippen LogP) is 4.52. The van der Waals surface area contributed by atoms with E-state index in [1.807, 2.05) is 0 Å². The van der Waals surface area contributed by atoms with Gasteiger partial charge in [-0.25, -0.2) is 0 Å². The number of hydrogen-bond acceptors (Lipinski definition) is 0. The highest BCUT2D eigenvalue weighted by atomic mass is 79.9. The molecule has 0 bridgehead atoms. The molecule has 0 unspecified atom stereocenters. The third-order valence-corrected chi connectivity index (χ3v) is 3.75. The number of alkyl halides is 2. The second kappa shape index (κ2) is 6.05. The molecular weight excluding hydrogens is 315 g/mol. The molecule has 0 aliphatic heterocycles. The fourth-order valence-corrected chi connectivity index (χ4v) is 2.45. The largest absolute Gasteiger partial charge is 0.122 e. The van der Waals surface area contributed by atoms with Gasteiger partial charge in [-0.15, -0.1) is 11.6 Å². The minimum absolute atomic E-state index is 0.572. The minimum atomic E-state index is 0.572. The van der Waals surface area contributed by atoms with Gasteiger partial charge in [0.2, 0.25) is 0 Å². The smallest absolute Gasteiger partial charge is 0.0485 e. The normalized spacial score (nSPS) is 10.4. The minimum Gasteiger partial charge on any atom is -0.122 e. The number of hydrogen-bond donors (Lipinski definition) is 0. The number of rotatable bonds is 4. The fraction of sp³-hybridized carbons (Fsp3) is 0.400. The lowest BCUT2D eigenvalue weighted by atomic mass is 10.1. The van der Waals surface area contributed by atoms with Crippen molar-refractivity contribution in [2.24, 2.45) is 0 Å². The molecule has 0 nitrogen and oxygen atoms in total. The molecule has 0 aromatic heterocycles. The Hall–Kier alpha value is 0.470. The number of aryl methyl sites for hydroxylation is 1. The van der Waals surface area contributed by atoms with Gasteiger partial charge in [0.15, 0.2) is 0 Å². The first kappa shape index (κ1) is 11.5. The van der Waals surface area contributed by atoms with Gasteiger partial charge in [-0.3, -0.25) is 0 Å². The summed E-state index contributed by atoms with van der Waals surface area (Å²) in [6.07, 6.45) is 2.25. The Balaban J connectivity index is 2.81. The van der Waals surface area contributed by atoms with E-state index >= 15 is 0 Å². The molecule has 0 radical (unpaired) electrons. The van der Waals surface area contributed by atoms with Gasteiger partial charge in [0, 0.05) is 15.7 Å². The average Bonchev–Trinajstić information content (AvgIpc) is 2.16. The molecule has 3 heteroatoms. The van der Waals surface area contributed by atoms with Crippen molar-refractivity contribution in [2.45, 2.75) is 18.7 Å². The average molecular weight is 326 g/mol. The summed E-state index contributed by atoms with van der Waals surface area (Å²) in [5.41, 5.74) is 2.52. The zero-order valence-electron chi connectivity index (χ0n) is 7.19. The van der Waals surface area contributed by atoms with Gasteiger partial charge in [-0.2, -0.15) is 0 Å². The van der Waals surface area contributed by atoms with Crippen LogP contribution in [-0.4, -0.2) is 5.33 Å². The molecule has 0 aliphatic carbocycles. The molecule has 0 amide bonds. The van der Waals surface area contributed by atoms with E-state index in [9.17, 15) is 0 Å². The van der Waals surface area contributed by atoms with Crippen LogP contribution in [0.4, 0.5) is 0 Å². The van der Waals surface area contributed by atoms with Crippen molar-refractivity contribution in [3.63, 3.8) is 0 Å². The summed E-state index contributed by atoms with van der Waals surface area (Å²) in [7, 11) is 0. The summed E-state index contributed by atoms with van der Waals surface area (Å²) >= 11 is 12.8. The number of halogens is 3. The van der Waals surface area contributed by atoms with Crippen LogP contribution < -0.4 is 0 Å². The lowest BCUT2D eigenvalue weighted by molar-refractivity contribution is 0.931. The van der Waals surface area contributed by atoms with E-state index in [0.717, 1.165) is 18.2 Å². The molecule has 0 fully saturated rings. The summed E-state index contributed by atoms with van der Waals surface area (Å²) in [4.78, 5) is 0. The first-order valence-corrected chi connectivity index (χ1v) is 6.62. The maximum Gasteiger partial charge on any atom is 0.0485 e. The van der Waals surface area contributed by atoms with E-state index in [1.54, 1.807) is 0 Å². The second-order valence-corrected chi connectivity index (χ2v) is 4.67. The molecule has 1 aromatic carbocycles. The molecule has 0 heterocycles. The Labute approximate surface area is 101 Å². The van der Waals surface area contributed by atoms with Crippen molar-refractivity contribution in [2.75, 3.05) is 5.33 Å². The van der Waals surface area contributed by atoms with Gasteiger partial charge in [0.05, 0.1) is 0 Å². The van der Waals surface area contributed by atoms with E-state index in [1.165, 1.54) is 15.6 Å². The van der Waals surface area contributed by atoms with Crippen LogP contribution >= 0.6 is 43.5 Å². The highest BCUT2D eigenvalue weighted by Gasteiger charge is 2.03. The first-order chi connectivity index (χ1) is 6.29. The van der Waals surface area contributed by atoms with Gasteiger partial charge in [0.25, 0.3) is 0 Å². The molecule has 0 N–H and O–H groups in total. The SMILES string of the molecule is ClCc1cccc(CCCBr)c1Br. The highest BCUT2D eigenvalue weighted by molar-refractivity contribution is 9.10. The van der Waals surface area contributed by atoms with Crippen molar-refractivity contribution in [3.8, 4) is 0 Å². The molecule has 1 aromatic rings. The summed E-state index contributed by atoms with van der Waals surface area (Å²) < 4.78 is 1.17. The Morgan fingerprint density at radius 2 is 1.92 bits per heavy atom. The number of benzene rings is 1. The monoisotopic (exact) mass is 324 g/mol. The molecule has 0 spiro atoms. The van der Waals surface area contributed by atoms with Crippen LogP contribution in [0, 0.1) is 0 Å². The Kier molecular flexibility index (Phi) is 5.37. The van der Waals surface area contributed by atoms with E-state index < -0.39 is 0 Å². The third-order valence-electron chi connectivity index (χ3n) is 1.88. The predicted molar refractivity (Wildman–Crippen MR) is 65.8 cm³/mol. The van der Waals surface area contributed by atoms with Crippen molar-refractivity contribution >= 4 is 43.5 Å². The maximum absolute atomic E-state index is 5.80. The molecule has 0 aliphatic rings. The zero-order chi connectivity index (χ0) is 9.68. The molecule has 1 rings (SSSR count). The Morgan fingerprint density at radius 3 is 2.54 bits per heavy atom. The van der Waals surface area contributed by atoms with Crippen molar-refractivity contribution < 1.29 is 0 Å².